The van der Waals surface area contributed by atoms with Crippen molar-refractivity contribution < 1.29 is 0 Å². The molecule has 1 heterocycles. The SMILES string of the molecule is Cc1ccc(C)c(N=C(c2ccccc2C)N2CCN(C)CC2)c1. The van der Waals surface area contributed by atoms with Crippen LogP contribution in [-0.2, 0) is 0 Å². The zero-order valence-corrected chi connectivity index (χ0v) is 15.2. The molecule has 2 aromatic carbocycles. The second-order valence-electron chi connectivity index (χ2n) is 6.83. The van der Waals surface area contributed by atoms with Crippen molar-refractivity contribution in [2.45, 2.75) is 20.8 Å². The Bertz CT molecular complexity index is 740. The molecule has 1 fully saturated rings. The molecule has 3 nitrogen and oxygen atoms in total. The van der Waals surface area contributed by atoms with Crippen molar-refractivity contribution >= 4 is 11.5 Å². The summed E-state index contributed by atoms with van der Waals surface area (Å²) in [6.45, 7) is 10.6. The quantitative estimate of drug-likeness (QED) is 0.616. The summed E-state index contributed by atoms with van der Waals surface area (Å²) in [6, 6.07) is 15.1. The lowest BCUT2D eigenvalue weighted by molar-refractivity contribution is 0.216. The van der Waals surface area contributed by atoms with Gasteiger partial charge in [0.1, 0.15) is 5.84 Å². The van der Waals surface area contributed by atoms with Gasteiger partial charge in [-0.3, -0.25) is 0 Å². The number of likely N-dealkylation sites (N-methyl/N-ethyl adjacent to an activating group) is 1. The van der Waals surface area contributed by atoms with E-state index in [9.17, 15) is 0 Å². The van der Waals surface area contributed by atoms with Crippen molar-refractivity contribution in [3.8, 4) is 0 Å². The fourth-order valence-corrected chi connectivity index (χ4v) is 3.10. The van der Waals surface area contributed by atoms with Crippen LogP contribution in [0.25, 0.3) is 0 Å². The summed E-state index contributed by atoms with van der Waals surface area (Å²) in [6.07, 6.45) is 0. The third kappa shape index (κ3) is 3.68. The summed E-state index contributed by atoms with van der Waals surface area (Å²) in [5.41, 5.74) is 6.07. The van der Waals surface area contributed by atoms with Crippen molar-refractivity contribution in [1.82, 2.24) is 9.80 Å². The van der Waals surface area contributed by atoms with Crippen LogP contribution in [0.15, 0.2) is 47.5 Å². The van der Waals surface area contributed by atoms with E-state index >= 15 is 0 Å². The molecule has 0 radical (unpaired) electrons. The van der Waals surface area contributed by atoms with Gasteiger partial charge in [-0.25, -0.2) is 4.99 Å². The molecular formula is C21H27N3. The minimum Gasteiger partial charge on any atom is -0.354 e. The molecule has 1 aliphatic rings. The molecule has 0 atom stereocenters. The van der Waals surface area contributed by atoms with Crippen LogP contribution in [0.3, 0.4) is 0 Å². The molecule has 1 saturated heterocycles. The Morgan fingerprint density at radius 1 is 0.875 bits per heavy atom. The van der Waals surface area contributed by atoms with Gasteiger partial charge in [-0.2, -0.15) is 0 Å². The van der Waals surface area contributed by atoms with Crippen molar-refractivity contribution in [2.24, 2.45) is 4.99 Å². The largest absolute Gasteiger partial charge is 0.354 e. The monoisotopic (exact) mass is 321 g/mol. The Hall–Kier alpha value is -2.13. The number of piperazine rings is 1. The van der Waals surface area contributed by atoms with Crippen molar-refractivity contribution in [1.29, 1.82) is 0 Å². The molecule has 0 amide bonds. The maximum atomic E-state index is 5.12. The fourth-order valence-electron chi connectivity index (χ4n) is 3.10. The van der Waals surface area contributed by atoms with E-state index < -0.39 is 0 Å². The number of aliphatic imine (C=N–C) groups is 1. The molecule has 3 heteroatoms. The molecule has 24 heavy (non-hydrogen) atoms. The van der Waals surface area contributed by atoms with E-state index in [-0.39, 0.29) is 0 Å². The van der Waals surface area contributed by atoms with Gasteiger partial charge in [-0.15, -0.1) is 0 Å². The number of hydrogen-bond donors (Lipinski definition) is 0. The highest BCUT2D eigenvalue weighted by atomic mass is 15.3. The normalized spacial score (nSPS) is 16.5. The molecule has 0 spiro atoms. The van der Waals surface area contributed by atoms with Crippen LogP contribution in [0.1, 0.15) is 22.3 Å². The van der Waals surface area contributed by atoms with Crippen LogP contribution in [-0.4, -0.2) is 48.9 Å². The standard InChI is InChI=1S/C21H27N3/c1-16-9-10-18(3)20(15-16)22-21(19-8-6-5-7-17(19)2)24-13-11-23(4)12-14-24/h5-10,15H,11-14H2,1-4H3. The highest BCUT2D eigenvalue weighted by molar-refractivity contribution is 6.01. The van der Waals surface area contributed by atoms with Crippen LogP contribution in [0, 0.1) is 20.8 Å². The van der Waals surface area contributed by atoms with Gasteiger partial charge in [-0.05, 0) is 50.6 Å². The molecule has 126 valence electrons. The lowest BCUT2D eigenvalue weighted by atomic mass is 10.1. The number of amidine groups is 1. The molecule has 0 unspecified atom stereocenters. The van der Waals surface area contributed by atoms with Crippen LogP contribution in [0.5, 0.6) is 0 Å². The van der Waals surface area contributed by atoms with E-state index in [4.69, 9.17) is 4.99 Å². The van der Waals surface area contributed by atoms with Gasteiger partial charge < -0.3 is 9.80 Å². The van der Waals surface area contributed by atoms with Gasteiger partial charge in [0.05, 0.1) is 5.69 Å². The molecule has 3 rings (SSSR count). The highest BCUT2D eigenvalue weighted by Crippen LogP contribution is 2.23. The zero-order valence-electron chi connectivity index (χ0n) is 15.2. The van der Waals surface area contributed by atoms with Crippen LogP contribution >= 0.6 is 0 Å². The summed E-state index contributed by atoms with van der Waals surface area (Å²) in [4.78, 5) is 9.94. The Balaban J connectivity index is 2.06. The summed E-state index contributed by atoms with van der Waals surface area (Å²) in [5.74, 6) is 1.11. The first-order valence-electron chi connectivity index (χ1n) is 8.70. The highest BCUT2D eigenvalue weighted by Gasteiger charge is 2.20. The first-order chi connectivity index (χ1) is 11.5. The third-order valence-electron chi connectivity index (χ3n) is 4.78. The molecule has 0 N–H and O–H groups in total. The molecule has 0 bridgehead atoms. The summed E-state index contributed by atoms with van der Waals surface area (Å²) >= 11 is 0. The van der Waals surface area contributed by atoms with E-state index in [0.717, 1.165) is 37.7 Å². The van der Waals surface area contributed by atoms with E-state index in [0.29, 0.717) is 0 Å². The van der Waals surface area contributed by atoms with Gasteiger partial charge >= 0.3 is 0 Å². The predicted octanol–water partition coefficient (Wildman–Crippen LogP) is 3.94. The molecule has 0 aliphatic carbocycles. The first kappa shape index (κ1) is 16.7. The summed E-state index contributed by atoms with van der Waals surface area (Å²) < 4.78 is 0. The Labute approximate surface area is 145 Å². The topological polar surface area (TPSA) is 18.8 Å². The maximum absolute atomic E-state index is 5.12. The van der Waals surface area contributed by atoms with E-state index in [1.807, 2.05) is 0 Å². The minimum atomic E-state index is 1.02. The minimum absolute atomic E-state index is 1.02. The van der Waals surface area contributed by atoms with Gasteiger partial charge in [0.25, 0.3) is 0 Å². The number of aryl methyl sites for hydroxylation is 3. The van der Waals surface area contributed by atoms with Crippen LogP contribution in [0.4, 0.5) is 5.69 Å². The molecule has 0 saturated carbocycles. The first-order valence-corrected chi connectivity index (χ1v) is 8.70. The van der Waals surface area contributed by atoms with Crippen LogP contribution < -0.4 is 0 Å². The maximum Gasteiger partial charge on any atom is 0.136 e. The van der Waals surface area contributed by atoms with E-state index in [1.54, 1.807) is 0 Å². The Morgan fingerprint density at radius 3 is 2.29 bits per heavy atom. The smallest absolute Gasteiger partial charge is 0.136 e. The van der Waals surface area contributed by atoms with Gasteiger partial charge in [0.2, 0.25) is 0 Å². The molecule has 1 aliphatic heterocycles. The summed E-state index contributed by atoms with van der Waals surface area (Å²) in [7, 11) is 2.19. The third-order valence-corrected chi connectivity index (χ3v) is 4.78. The number of benzene rings is 2. The lowest BCUT2D eigenvalue weighted by Crippen LogP contribution is -2.47. The molecule has 0 aromatic heterocycles. The predicted molar refractivity (Wildman–Crippen MR) is 102 cm³/mol. The number of hydrogen-bond acceptors (Lipinski definition) is 2. The lowest BCUT2D eigenvalue weighted by Gasteiger charge is -2.35. The van der Waals surface area contributed by atoms with E-state index in [2.05, 4.69) is 80.1 Å². The Kier molecular flexibility index (Phi) is 5.00. The van der Waals surface area contributed by atoms with Crippen molar-refractivity contribution in [3.63, 3.8) is 0 Å². The average molecular weight is 321 g/mol. The van der Waals surface area contributed by atoms with Gasteiger partial charge in [0, 0.05) is 31.7 Å². The second kappa shape index (κ2) is 7.18. The zero-order chi connectivity index (χ0) is 17.1. The fraction of sp³-hybridized carbons (Fsp3) is 0.381. The Morgan fingerprint density at radius 2 is 1.58 bits per heavy atom. The molecular weight excluding hydrogens is 294 g/mol. The summed E-state index contributed by atoms with van der Waals surface area (Å²) in [5, 5.41) is 0. The van der Waals surface area contributed by atoms with Crippen molar-refractivity contribution in [3.05, 3.63) is 64.7 Å². The van der Waals surface area contributed by atoms with Crippen molar-refractivity contribution in [2.75, 3.05) is 33.2 Å². The van der Waals surface area contributed by atoms with E-state index in [1.165, 1.54) is 22.3 Å². The number of nitrogens with zero attached hydrogens (tertiary/aromatic N) is 3. The second-order valence-corrected chi connectivity index (χ2v) is 6.83. The average Bonchev–Trinajstić information content (AvgIpc) is 2.57. The van der Waals surface area contributed by atoms with Crippen LogP contribution in [0.2, 0.25) is 0 Å². The van der Waals surface area contributed by atoms with Gasteiger partial charge in [-0.1, -0.05) is 36.4 Å². The number of rotatable bonds is 2. The molecule has 2 aromatic rings. The van der Waals surface area contributed by atoms with Gasteiger partial charge in [0.15, 0.2) is 0 Å².